The van der Waals surface area contributed by atoms with Crippen LogP contribution in [0.2, 0.25) is 0 Å². The molecule has 0 amide bonds. The molecule has 1 aromatic rings. The predicted octanol–water partition coefficient (Wildman–Crippen LogP) is 4.23. The minimum absolute atomic E-state index is 0.749. The molecule has 1 aliphatic heterocycles. The fraction of sp³-hybridized carbons (Fsp3) is 0.647. The first-order chi connectivity index (χ1) is 9.92. The summed E-state index contributed by atoms with van der Waals surface area (Å²) in [6, 6.07) is 6.18. The van der Waals surface area contributed by atoms with Gasteiger partial charge in [-0.1, -0.05) is 32.1 Å². The van der Waals surface area contributed by atoms with Gasteiger partial charge in [0.05, 0.1) is 13.2 Å². The van der Waals surface area contributed by atoms with Crippen LogP contribution in [0.15, 0.2) is 18.2 Å². The maximum atomic E-state index is 5.72. The quantitative estimate of drug-likeness (QED) is 0.892. The van der Waals surface area contributed by atoms with Gasteiger partial charge >= 0.3 is 0 Å². The van der Waals surface area contributed by atoms with Crippen LogP contribution in [-0.4, -0.2) is 19.8 Å². The summed E-state index contributed by atoms with van der Waals surface area (Å²) in [5, 5.41) is 3.53. The minimum atomic E-state index is 0.749. The van der Waals surface area contributed by atoms with Crippen molar-refractivity contribution in [2.24, 2.45) is 5.92 Å². The van der Waals surface area contributed by atoms with Crippen molar-refractivity contribution in [3.05, 3.63) is 18.2 Å². The average molecular weight is 275 g/mol. The highest BCUT2D eigenvalue weighted by atomic mass is 16.5. The van der Waals surface area contributed by atoms with Crippen molar-refractivity contribution in [2.75, 3.05) is 25.1 Å². The van der Waals surface area contributed by atoms with Crippen molar-refractivity contribution in [3.63, 3.8) is 0 Å². The Bertz CT molecular complexity index is 427. The number of ether oxygens (including phenoxy) is 2. The van der Waals surface area contributed by atoms with Gasteiger partial charge in [0.15, 0.2) is 11.5 Å². The topological polar surface area (TPSA) is 30.5 Å². The average Bonchev–Trinajstić information content (AvgIpc) is 2.73. The van der Waals surface area contributed by atoms with Gasteiger partial charge in [0.1, 0.15) is 0 Å². The third-order valence-electron chi connectivity index (χ3n) is 4.35. The minimum Gasteiger partial charge on any atom is -0.490 e. The zero-order valence-electron chi connectivity index (χ0n) is 12.2. The van der Waals surface area contributed by atoms with Gasteiger partial charge in [-0.2, -0.15) is 0 Å². The van der Waals surface area contributed by atoms with Gasteiger partial charge in [-0.15, -0.1) is 0 Å². The first kappa shape index (κ1) is 13.6. The van der Waals surface area contributed by atoms with E-state index < -0.39 is 0 Å². The molecule has 3 heteroatoms. The lowest BCUT2D eigenvalue weighted by Gasteiger charge is -2.21. The van der Waals surface area contributed by atoms with Crippen LogP contribution in [0.5, 0.6) is 11.5 Å². The molecule has 20 heavy (non-hydrogen) atoms. The summed E-state index contributed by atoms with van der Waals surface area (Å²) >= 11 is 0. The highest BCUT2D eigenvalue weighted by Crippen LogP contribution is 2.32. The summed E-state index contributed by atoms with van der Waals surface area (Å²) in [4.78, 5) is 0. The normalized spacial score (nSPS) is 19.4. The van der Waals surface area contributed by atoms with E-state index in [1.165, 1.54) is 38.5 Å². The van der Waals surface area contributed by atoms with E-state index in [1.807, 2.05) is 6.07 Å². The summed E-state index contributed by atoms with van der Waals surface area (Å²) in [5.74, 6) is 2.68. The van der Waals surface area contributed by atoms with E-state index >= 15 is 0 Å². The number of anilines is 1. The molecule has 0 atom stereocenters. The zero-order valence-corrected chi connectivity index (χ0v) is 12.2. The summed E-state index contributed by atoms with van der Waals surface area (Å²) in [7, 11) is 0. The molecule has 1 fully saturated rings. The van der Waals surface area contributed by atoms with E-state index in [0.717, 1.165) is 49.3 Å². The molecule has 2 aliphatic rings. The van der Waals surface area contributed by atoms with Gasteiger partial charge < -0.3 is 14.8 Å². The lowest BCUT2D eigenvalue weighted by atomic mass is 9.87. The van der Waals surface area contributed by atoms with E-state index in [2.05, 4.69) is 17.4 Å². The monoisotopic (exact) mass is 275 g/mol. The second-order valence-corrected chi connectivity index (χ2v) is 5.93. The third-order valence-corrected chi connectivity index (χ3v) is 4.35. The molecule has 110 valence electrons. The predicted molar refractivity (Wildman–Crippen MR) is 81.7 cm³/mol. The van der Waals surface area contributed by atoms with Gasteiger partial charge in [-0.3, -0.25) is 0 Å². The fourth-order valence-corrected chi connectivity index (χ4v) is 3.17. The smallest absolute Gasteiger partial charge is 0.163 e. The molecular formula is C17H25NO2. The first-order valence-corrected chi connectivity index (χ1v) is 8.05. The Morgan fingerprint density at radius 2 is 1.75 bits per heavy atom. The summed E-state index contributed by atoms with van der Waals surface area (Å²) in [5.41, 5.74) is 1.14. The Labute approximate surface area is 121 Å². The molecule has 1 N–H and O–H groups in total. The number of hydrogen-bond acceptors (Lipinski definition) is 3. The number of hydrogen-bond donors (Lipinski definition) is 1. The molecular weight excluding hydrogens is 250 g/mol. The summed E-state index contributed by atoms with van der Waals surface area (Å²) in [6.45, 7) is 2.56. The second-order valence-electron chi connectivity index (χ2n) is 5.93. The van der Waals surface area contributed by atoms with Crippen LogP contribution in [0, 0.1) is 5.92 Å². The molecule has 1 aliphatic carbocycles. The second kappa shape index (κ2) is 6.87. The molecule has 1 saturated carbocycles. The Hall–Kier alpha value is -1.38. The zero-order chi connectivity index (χ0) is 13.6. The van der Waals surface area contributed by atoms with E-state index in [0.29, 0.717) is 0 Å². The molecule has 3 nitrogen and oxygen atoms in total. The molecule has 1 heterocycles. The van der Waals surface area contributed by atoms with Crippen molar-refractivity contribution in [3.8, 4) is 11.5 Å². The summed E-state index contributed by atoms with van der Waals surface area (Å²) in [6.07, 6.45) is 9.37. The van der Waals surface area contributed by atoms with Crippen LogP contribution in [0.1, 0.15) is 44.9 Å². The van der Waals surface area contributed by atoms with Crippen LogP contribution in [0.3, 0.4) is 0 Å². The highest BCUT2D eigenvalue weighted by Gasteiger charge is 2.13. The van der Waals surface area contributed by atoms with E-state index in [4.69, 9.17) is 9.47 Å². The van der Waals surface area contributed by atoms with Gasteiger partial charge in [0.25, 0.3) is 0 Å². The number of benzene rings is 1. The summed E-state index contributed by atoms with van der Waals surface area (Å²) < 4.78 is 11.4. The lowest BCUT2D eigenvalue weighted by Crippen LogP contribution is -2.12. The van der Waals surface area contributed by atoms with E-state index in [-0.39, 0.29) is 0 Å². The Morgan fingerprint density at radius 1 is 0.950 bits per heavy atom. The van der Waals surface area contributed by atoms with Crippen LogP contribution in [-0.2, 0) is 0 Å². The maximum Gasteiger partial charge on any atom is 0.163 e. The van der Waals surface area contributed by atoms with Crippen molar-refractivity contribution < 1.29 is 9.47 Å². The van der Waals surface area contributed by atoms with E-state index in [1.54, 1.807) is 0 Å². The molecule has 0 radical (unpaired) electrons. The van der Waals surface area contributed by atoms with Gasteiger partial charge in [-0.25, -0.2) is 0 Å². The van der Waals surface area contributed by atoms with Crippen LogP contribution in [0.25, 0.3) is 0 Å². The van der Waals surface area contributed by atoms with Crippen molar-refractivity contribution in [2.45, 2.75) is 44.9 Å². The highest BCUT2D eigenvalue weighted by molar-refractivity contribution is 5.54. The Morgan fingerprint density at radius 3 is 2.60 bits per heavy atom. The van der Waals surface area contributed by atoms with Gasteiger partial charge in [-0.05, 0) is 24.5 Å². The number of nitrogens with one attached hydrogen (secondary N) is 1. The number of fused-ring (bicyclic) bond motifs is 1. The molecule has 0 saturated heterocycles. The van der Waals surface area contributed by atoms with Crippen molar-refractivity contribution in [1.82, 2.24) is 0 Å². The molecule has 0 spiro atoms. The first-order valence-electron chi connectivity index (χ1n) is 8.05. The molecule has 0 bridgehead atoms. The lowest BCUT2D eigenvalue weighted by molar-refractivity contribution is 0.297. The molecule has 1 aromatic carbocycles. The van der Waals surface area contributed by atoms with E-state index in [9.17, 15) is 0 Å². The van der Waals surface area contributed by atoms with Crippen LogP contribution in [0.4, 0.5) is 5.69 Å². The molecule has 3 rings (SSSR count). The standard InChI is InChI=1S/C17H25NO2/c1-2-5-14(6-3-1)9-10-18-15-7-8-16-17(13-15)20-12-4-11-19-16/h7-8,13-14,18H,1-6,9-12H2. The Kier molecular flexibility index (Phi) is 4.67. The fourth-order valence-electron chi connectivity index (χ4n) is 3.17. The van der Waals surface area contributed by atoms with Crippen molar-refractivity contribution in [1.29, 1.82) is 0 Å². The van der Waals surface area contributed by atoms with Gasteiger partial charge in [0.2, 0.25) is 0 Å². The molecule has 0 aromatic heterocycles. The van der Waals surface area contributed by atoms with Crippen LogP contribution < -0.4 is 14.8 Å². The largest absolute Gasteiger partial charge is 0.490 e. The van der Waals surface area contributed by atoms with Crippen molar-refractivity contribution >= 4 is 5.69 Å². The SMILES string of the molecule is c1cc2c(cc1NCCC1CCCCC1)OCCCO2. The number of rotatable bonds is 4. The maximum absolute atomic E-state index is 5.72. The third kappa shape index (κ3) is 3.59. The Balaban J connectivity index is 1.51. The van der Waals surface area contributed by atoms with Crippen LogP contribution >= 0.6 is 0 Å². The van der Waals surface area contributed by atoms with Gasteiger partial charge in [0, 0.05) is 24.7 Å². The molecule has 0 unspecified atom stereocenters.